The number of rotatable bonds is 6. The predicted molar refractivity (Wildman–Crippen MR) is 67.5 cm³/mol. The molecule has 1 aromatic heterocycles. The van der Waals surface area contributed by atoms with Gasteiger partial charge in [0.15, 0.2) is 0 Å². The molecule has 0 amide bonds. The monoisotopic (exact) mass is 255 g/mol. The number of methoxy groups -OCH3 is 1. The fourth-order valence-electron chi connectivity index (χ4n) is 2.03. The zero-order valence-corrected chi connectivity index (χ0v) is 11.6. The van der Waals surface area contributed by atoms with Gasteiger partial charge in [-0.2, -0.15) is 5.10 Å². The van der Waals surface area contributed by atoms with Crippen molar-refractivity contribution in [2.24, 2.45) is 7.05 Å². The lowest BCUT2D eigenvalue weighted by Crippen LogP contribution is -2.22. The van der Waals surface area contributed by atoms with Gasteiger partial charge in [-0.15, -0.1) is 0 Å². The van der Waals surface area contributed by atoms with Crippen molar-refractivity contribution in [3.05, 3.63) is 11.3 Å². The molecule has 1 heterocycles. The van der Waals surface area contributed by atoms with Crippen LogP contribution in [0.15, 0.2) is 0 Å². The van der Waals surface area contributed by atoms with Crippen LogP contribution in [0.5, 0.6) is 5.88 Å². The quantitative estimate of drug-likeness (QED) is 0.767. The second-order valence-corrected chi connectivity index (χ2v) is 3.98. The summed E-state index contributed by atoms with van der Waals surface area (Å²) in [5.74, 6) is 0.429. The maximum atomic E-state index is 11.6. The van der Waals surface area contributed by atoms with E-state index in [9.17, 15) is 4.79 Å². The first-order valence-electron chi connectivity index (χ1n) is 5.95. The van der Waals surface area contributed by atoms with Gasteiger partial charge in [-0.05, 0) is 20.9 Å². The van der Waals surface area contributed by atoms with Crippen LogP contribution in [0.2, 0.25) is 0 Å². The molecule has 6 nitrogen and oxygen atoms in total. The molecule has 1 rings (SSSR count). The topological polar surface area (TPSA) is 65.4 Å². The Morgan fingerprint density at radius 2 is 2.22 bits per heavy atom. The molecule has 102 valence electrons. The van der Waals surface area contributed by atoms with Gasteiger partial charge in [0.25, 0.3) is 0 Å². The molecule has 1 atom stereocenters. The molecule has 0 aliphatic heterocycles. The highest BCUT2D eigenvalue weighted by Crippen LogP contribution is 2.29. The Balaban J connectivity index is 2.98. The molecule has 0 bridgehead atoms. The van der Waals surface area contributed by atoms with Gasteiger partial charge >= 0.3 is 5.97 Å². The number of esters is 1. The van der Waals surface area contributed by atoms with Crippen molar-refractivity contribution in [3.8, 4) is 5.88 Å². The number of carbonyl (C=O) groups excluding carboxylic acids is 1. The summed E-state index contributed by atoms with van der Waals surface area (Å²) in [6, 6.07) is -0.160. The average Bonchev–Trinajstić information content (AvgIpc) is 2.61. The smallest absolute Gasteiger partial charge is 0.307 e. The third kappa shape index (κ3) is 3.01. The molecule has 0 saturated heterocycles. The standard InChI is InChI=1S/C12H21N3O3/c1-6-18-10(16)7-9(13-3)11-8(2)14-15(4)12(11)17-5/h9,13H,6-7H2,1-5H3. The van der Waals surface area contributed by atoms with Crippen LogP contribution < -0.4 is 10.1 Å². The van der Waals surface area contributed by atoms with Gasteiger partial charge in [-0.25, -0.2) is 4.68 Å². The average molecular weight is 255 g/mol. The van der Waals surface area contributed by atoms with Crippen LogP contribution in [0.25, 0.3) is 0 Å². The van der Waals surface area contributed by atoms with Crippen molar-refractivity contribution >= 4 is 5.97 Å². The number of nitrogens with zero attached hydrogens (tertiary/aromatic N) is 2. The Morgan fingerprint density at radius 1 is 1.56 bits per heavy atom. The summed E-state index contributed by atoms with van der Waals surface area (Å²) in [6.07, 6.45) is 0.257. The molecule has 0 aromatic carbocycles. The highest BCUT2D eigenvalue weighted by atomic mass is 16.5. The number of ether oxygens (including phenoxy) is 2. The first kappa shape index (κ1) is 14.5. The highest BCUT2D eigenvalue weighted by Gasteiger charge is 2.24. The molecule has 0 radical (unpaired) electrons. The van der Waals surface area contributed by atoms with Gasteiger partial charge in [0.2, 0.25) is 5.88 Å². The summed E-state index contributed by atoms with van der Waals surface area (Å²) in [6.45, 7) is 4.08. The Morgan fingerprint density at radius 3 is 2.72 bits per heavy atom. The Hall–Kier alpha value is -1.56. The Bertz CT molecular complexity index is 415. The maximum Gasteiger partial charge on any atom is 0.307 e. The molecule has 0 fully saturated rings. The molecule has 0 spiro atoms. The van der Waals surface area contributed by atoms with Gasteiger partial charge in [-0.1, -0.05) is 0 Å². The lowest BCUT2D eigenvalue weighted by atomic mass is 10.0. The number of nitrogens with one attached hydrogen (secondary N) is 1. The first-order chi connectivity index (χ1) is 8.54. The van der Waals surface area contributed by atoms with E-state index in [2.05, 4.69) is 10.4 Å². The molecule has 6 heteroatoms. The molecule has 0 aliphatic rings. The normalized spacial score (nSPS) is 12.3. The molecular formula is C12H21N3O3. The number of aromatic nitrogens is 2. The van der Waals surface area contributed by atoms with E-state index in [1.165, 1.54) is 0 Å². The van der Waals surface area contributed by atoms with E-state index >= 15 is 0 Å². The van der Waals surface area contributed by atoms with Crippen LogP contribution in [0.3, 0.4) is 0 Å². The van der Waals surface area contributed by atoms with Crippen molar-refractivity contribution in [3.63, 3.8) is 0 Å². The largest absolute Gasteiger partial charge is 0.481 e. The van der Waals surface area contributed by atoms with Gasteiger partial charge in [0.1, 0.15) is 0 Å². The van der Waals surface area contributed by atoms with Crippen LogP contribution >= 0.6 is 0 Å². The van der Waals surface area contributed by atoms with Crippen LogP contribution in [0.4, 0.5) is 0 Å². The molecular weight excluding hydrogens is 234 g/mol. The minimum absolute atomic E-state index is 0.160. The van der Waals surface area contributed by atoms with Crippen LogP contribution in [-0.2, 0) is 16.6 Å². The number of hydrogen-bond acceptors (Lipinski definition) is 5. The summed E-state index contributed by atoms with van der Waals surface area (Å²) >= 11 is 0. The molecule has 1 unspecified atom stereocenters. The zero-order chi connectivity index (χ0) is 13.7. The lowest BCUT2D eigenvalue weighted by molar-refractivity contribution is -0.143. The van der Waals surface area contributed by atoms with Gasteiger partial charge in [-0.3, -0.25) is 4.79 Å². The minimum Gasteiger partial charge on any atom is -0.481 e. The molecule has 0 saturated carbocycles. The Labute approximate surface area is 107 Å². The van der Waals surface area contributed by atoms with Crippen molar-refractivity contribution in [2.45, 2.75) is 26.3 Å². The van der Waals surface area contributed by atoms with Crippen LogP contribution in [-0.4, -0.2) is 36.5 Å². The summed E-state index contributed by atoms with van der Waals surface area (Å²) < 4.78 is 12.0. The molecule has 18 heavy (non-hydrogen) atoms. The third-order valence-corrected chi connectivity index (χ3v) is 2.78. The van der Waals surface area contributed by atoms with E-state index in [-0.39, 0.29) is 18.4 Å². The van der Waals surface area contributed by atoms with Gasteiger partial charge in [0, 0.05) is 13.1 Å². The van der Waals surface area contributed by atoms with Crippen molar-refractivity contribution in [2.75, 3.05) is 20.8 Å². The minimum atomic E-state index is -0.234. The second-order valence-electron chi connectivity index (χ2n) is 3.98. The SMILES string of the molecule is CCOC(=O)CC(NC)c1c(C)nn(C)c1OC. The third-order valence-electron chi connectivity index (χ3n) is 2.78. The summed E-state index contributed by atoms with van der Waals surface area (Å²) in [7, 11) is 5.21. The second kappa shape index (κ2) is 6.39. The number of aryl methyl sites for hydroxylation is 2. The fraction of sp³-hybridized carbons (Fsp3) is 0.667. The van der Waals surface area contributed by atoms with E-state index < -0.39 is 0 Å². The van der Waals surface area contributed by atoms with Crippen LogP contribution in [0, 0.1) is 6.92 Å². The van der Waals surface area contributed by atoms with E-state index in [0.717, 1.165) is 11.3 Å². The maximum absolute atomic E-state index is 11.6. The summed E-state index contributed by atoms with van der Waals surface area (Å²) in [4.78, 5) is 11.6. The van der Waals surface area contributed by atoms with Gasteiger partial charge < -0.3 is 14.8 Å². The lowest BCUT2D eigenvalue weighted by Gasteiger charge is -2.16. The van der Waals surface area contributed by atoms with E-state index in [4.69, 9.17) is 9.47 Å². The van der Waals surface area contributed by atoms with Gasteiger partial charge in [0.05, 0.1) is 31.4 Å². The fourth-order valence-corrected chi connectivity index (χ4v) is 2.03. The zero-order valence-electron chi connectivity index (χ0n) is 11.6. The van der Waals surface area contributed by atoms with Crippen molar-refractivity contribution in [1.82, 2.24) is 15.1 Å². The number of hydrogen-bond donors (Lipinski definition) is 1. The summed E-state index contributed by atoms with van der Waals surface area (Å²) in [5, 5.41) is 7.41. The van der Waals surface area contributed by atoms with Crippen LogP contribution in [0.1, 0.15) is 30.6 Å². The number of carbonyl (C=O) groups is 1. The molecule has 0 aliphatic carbocycles. The van der Waals surface area contributed by atoms with E-state index in [1.54, 1.807) is 25.8 Å². The first-order valence-corrected chi connectivity index (χ1v) is 5.95. The molecule has 1 N–H and O–H groups in total. The van der Waals surface area contributed by atoms with Crippen molar-refractivity contribution < 1.29 is 14.3 Å². The van der Waals surface area contributed by atoms with Crippen molar-refractivity contribution in [1.29, 1.82) is 0 Å². The highest BCUT2D eigenvalue weighted by molar-refractivity contribution is 5.70. The Kier molecular flexibility index (Phi) is 5.15. The summed E-state index contributed by atoms with van der Waals surface area (Å²) in [5.41, 5.74) is 1.74. The molecule has 1 aromatic rings. The van der Waals surface area contributed by atoms with E-state index in [0.29, 0.717) is 12.5 Å². The van der Waals surface area contributed by atoms with E-state index in [1.807, 2.05) is 14.0 Å². The predicted octanol–water partition coefficient (Wildman–Crippen LogP) is 0.951.